The minimum Gasteiger partial charge on any atom is -0.507 e. The zero-order chi connectivity index (χ0) is 18.9. The molecule has 0 unspecified atom stereocenters. The molecule has 0 atom stereocenters. The normalized spacial score (nSPS) is 18.6. The van der Waals surface area contributed by atoms with Crippen LogP contribution in [0.15, 0.2) is 36.4 Å². The summed E-state index contributed by atoms with van der Waals surface area (Å²) in [4.78, 5) is 0. The van der Waals surface area contributed by atoms with Crippen molar-refractivity contribution in [2.45, 2.75) is 43.9 Å². The summed E-state index contributed by atoms with van der Waals surface area (Å²) in [5, 5.41) is 13.1. The zero-order valence-corrected chi connectivity index (χ0v) is 16.2. The molecule has 0 bridgehead atoms. The van der Waals surface area contributed by atoms with E-state index in [4.69, 9.17) is 9.47 Å². The minimum atomic E-state index is 0.0438. The first-order valence-corrected chi connectivity index (χ1v) is 10.4. The maximum Gasteiger partial charge on any atom is 0.165 e. The molecule has 3 aromatic carbocycles. The Morgan fingerprint density at radius 2 is 1.86 bits per heavy atom. The molecule has 0 radical (unpaired) electrons. The number of hydrogen-bond donors (Lipinski definition) is 1. The lowest BCUT2D eigenvalue weighted by atomic mass is 9.67. The van der Waals surface area contributed by atoms with Crippen LogP contribution in [0.1, 0.15) is 48.8 Å². The number of ether oxygens (including phenoxy) is 2. The molecule has 0 saturated heterocycles. The van der Waals surface area contributed by atoms with Gasteiger partial charge in [-0.1, -0.05) is 43.5 Å². The molecule has 3 heteroatoms. The van der Waals surface area contributed by atoms with E-state index in [0.29, 0.717) is 18.1 Å². The van der Waals surface area contributed by atoms with Gasteiger partial charge in [-0.05, 0) is 47.2 Å². The van der Waals surface area contributed by atoms with Crippen molar-refractivity contribution in [1.82, 2.24) is 0 Å². The highest BCUT2D eigenvalue weighted by Crippen LogP contribution is 2.60. The van der Waals surface area contributed by atoms with E-state index in [1.165, 1.54) is 47.1 Å². The van der Waals surface area contributed by atoms with E-state index < -0.39 is 0 Å². The van der Waals surface area contributed by atoms with Crippen LogP contribution >= 0.6 is 0 Å². The standard InChI is InChI=1S/C25H24O3/c1-27-21-13-17-20(26)14-19-23(22(17)16-9-12-28-24(16)21)15-7-3-4-8-18(15)25(19)10-5-2-6-11-25/h3-4,7-8,13-14,26H,2,5-6,9-12H2,1H3. The number of methoxy groups -OCH3 is 1. The predicted molar refractivity (Wildman–Crippen MR) is 111 cm³/mol. The maximum atomic E-state index is 11.1. The highest BCUT2D eigenvalue weighted by atomic mass is 16.5. The lowest BCUT2D eigenvalue weighted by Crippen LogP contribution is -2.28. The van der Waals surface area contributed by atoms with Crippen molar-refractivity contribution in [2.75, 3.05) is 13.7 Å². The van der Waals surface area contributed by atoms with Crippen LogP contribution in [0.5, 0.6) is 17.2 Å². The first-order valence-electron chi connectivity index (χ1n) is 10.4. The van der Waals surface area contributed by atoms with Crippen LogP contribution in [-0.2, 0) is 11.8 Å². The Morgan fingerprint density at radius 1 is 1.04 bits per heavy atom. The van der Waals surface area contributed by atoms with Gasteiger partial charge in [-0.3, -0.25) is 0 Å². The number of rotatable bonds is 1. The van der Waals surface area contributed by atoms with Crippen LogP contribution in [0, 0.1) is 0 Å². The molecule has 3 nitrogen and oxygen atoms in total. The van der Waals surface area contributed by atoms with Crippen LogP contribution < -0.4 is 9.47 Å². The first kappa shape index (κ1) is 16.3. The molecular weight excluding hydrogens is 348 g/mol. The summed E-state index contributed by atoms with van der Waals surface area (Å²) in [5.74, 6) is 1.93. The van der Waals surface area contributed by atoms with Gasteiger partial charge >= 0.3 is 0 Å². The molecule has 1 spiro atoms. The largest absolute Gasteiger partial charge is 0.507 e. The highest BCUT2D eigenvalue weighted by Gasteiger charge is 2.45. The number of phenolic OH excluding ortho intramolecular Hbond substituents is 1. The van der Waals surface area contributed by atoms with Crippen molar-refractivity contribution in [1.29, 1.82) is 0 Å². The van der Waals surface area contributed by atoms with E-state index in [1.807, 2.05) is 12.1 Å². The lowest BCUT2D eigenvalue weighted by molar-refractivity contribution is 0.326. The average Bonchev–Trinajstić information content (AvgIpc) is 3.32. The summed E-state index contributed by atoms with van der Waals surface area (Å²) in [6.45, 7) is 0.669. The van der Waals surface area contributed by atoms with E-state index in [9.17, 15) is 5.11 Å². The van der Waals surface area contributed by atoms with E-state index >= 15 is 0 Å². The molecule has 1 fully saturated rings. The summed E-state index contributed by atoms with van der Waals surface area (Å²) in [6.07, 6.45) is 6.98. The number of fused-ring (bicyclic) bond motifs is 9. The molecule has 0 aromatic heterocycles. The van der Waals surface area contributed by atoms with Gasteiger partial charge in [0, 0.05) is 28.2 Å². The maximum absolute atomic E-state index is 11.1. The molecule has 1 heterocycles. The molecule has 28 heavy (non-hydrogen) atoms. The molecule has 142 valence electrons. The Bertz CT molecular complexity index is 1120. The van der Waals surface area contributed by atoms with Crippen molar-refractivity contribution < 1.29 is 14.6 Å². The Hall–Kier alpha value is -2.68. The molecule has 3 aliphatic rings. The predicted octanol–water partition coefficient (Wildman–Crippen LogP) is 5.72. The van der Waals surface area contributed by atoms with Gasteiger partial charge in [0.25, 0.3) is 0 Å². The number of benzene rings is 3. The number of aromatic hydroxyl groups is 1. The topological polar surface area (TPSA) is 38.7 Å². The van der Waals surface area contributed by atoms with E-state index in [1.54, 1.807) is 7.11 Å². The average molecular weight is 372 g/mol. The quantitative estimate of drug-likeness (QED) is 0.594. The second kappa shape index (κ2) is 5.66. The Labute approximate surface area is 164 Å². The number of phenols is 1. The third kappa shape index (κ3) is 1.89. The van der Waals surface area contributed by atoms with Crippen molar-refractivity contribution in [2.24, 2.45) is 0 Å². The molecule has 1 aliphatic heterocycles. The molecular formula is C25H24O3. The Morgan fingerprint density at radius 3 is 2.68 bits per heavy atom. The third-order valence-corrected chi connectivity index (χ3v) is 7.17. The van der Waals surface area contributed by atoms with E-state index in [2.05, 4.69) is 24.3 Å². The molecule has 6 rings (SSSR count). The molecule has 1 N–H and O–H groups in total. The summed E-state index contributed by atoms with van der Waals surface area (Å²) in [7, 11) is 1.67. The summed E-state index contributed by atoms with van der Waals surface area (Å²) >= 11 is 0. The fourth-order valence-corrected chi connectivity index (χ4v) is 6.02. The second-order valence-electron chi connectivity index (χ2n) is 8.41. The monoisotopic (exact) mass is 372 g/mol. The molecule has 1 saturated carbocycles. The summed E-state index contributed by atoms with van der Waals surface area (Å²) in [6, 6.07) is 12.9. The van der Waals surface area contributed by atoms with Crippen LogP contribution in [0.25, 0.3) is 21.9 Å². The fraction of sp³-hybridized carbons (Fsp3) is 0.360. The van der Waals surface area contributed by atoms with Gasteiger partial charge in [-0.25, -0.2) is 0 Å². The number of hydrogen-bond acceptors (Lipinski definition) is 3. The van der Waals surface area contributed by atoms with Gasteiger partial charge in [0.15, 0.2) is 11.5 Å². The van der Waals surface area contributed by atoms with Crippen molar-refractivity contribution in [3.63, 3.8) is 0 Å². The van der Waals surface area contributed by atoms with Gasteiger partial charge in [0.1, 0.15) is 5.75 Å². The SMILES string of the molecule is COc1cc2c(O)cc3c(c2c2c1OCC2)-c1ccccc1C31CCCCC1. The van der Waals surface area contributed by atoms with Crippen molar-refractivity contribution in [3.8, 4) is 28.4 Å². The lowest BCUT2D eigenvalue weighted by Gasteiger charge is -2.36. The van der Waals surface area contributed by atoms with Gasteiger partial charge in [0.2, 0.25) is 0 Å². The summed E-state index contributed by atoms with van der Waals surface area (Å²) in [5.41, 5.74) is 6.64. The van der Waals surface area contributed by atoms with E-state index in [-0.39, 0.29) is 5.41 Å². The Kier molecular flexibility index (Phi) is 3.30. The first-order chi connectivity index (χ1) is 13.7. The molecule has 3 aromatic rings. The Balaban J connectivity index is 1.78. The van der Waals surface area contributed by atoms with Crippen LogP contribution in [0.2, 0.25) is 0 Å². The fourth-order valence-electron chi connectivity index (χ4n) is 6.02. The van der Waals surface area contributed by atoms with Gasteiger partial charge in [0.05, 0.1) is 13.7 Å². The van der Waals surface area contributed by atoms with Crippen LogP contribution in [-0.4, -0.2) is 18.8 Å². The highest BCUT2D eigenvalue weighted by molar-refractivity contribution is 6.08. The van der Waals surface area contributed by atoms with Crippen molar-refractivity contribution in [3.05, 3.63) is 53.1 Å². The van der Waals surface area contributed by atoms with Gasteiger partial charge in [-0.2, -0.15) is 0 Å². The molecule has 2 aliphatic carbocycles. The van der Waals surface area contributed by atoms with Crippen LogP contribution in [0.3, 0.4) is 0 Å². The second-order valence-corrected chi connectivity index (χ2v) is 8.41. The molecule has 0 amide bonds. The van der Waals surface area contributed by atoms with E-state index in [0.717, 1.165) is 35.8 Å². The third-order valence-electron chi connectivity index (χ3n) is 7.17. The van der Waals surface area contributed by atoms with Crippen molar-refractivity contribution >= 4 is 10.8 Å². The van der Waals surface area contributed by atoms with Crippen LogP contribution in [0.4, 0.5) is 0 Å². The zero-order valence-electron chi connectivity index (χ0n) is 16.2. The van der Waals surface area contributed by atoms with Gasteiger partial charge < -0.3 is 14.6 Å². The minimum absolute atomic E-state index is 0.0438. The van der Waals surface area contributed by atoms with Gasteiger partial charge in [-0.15, -0.1) is 0 Å². The summed E-state index contributed by atoms with van der Waals surface area (Å²) < 4.78 is 11.5. The smallest absolute Gasteiger partial charge is 0.165 e.